The fourth-order valence-electron chi connectivity index (χ4n) is 1.20. The molecular weight excluding hydrogens is 228 g/mol. The van der Waals surface area contributed by atoms with Crippen molar-refractivity contribution in [3.63, 3.8) is 0 Å². The zero-order valence-corrected chi connectivity index (χ0v) is 12.5. The van der Waals surface area contributed by atoms with Crippen LogP contribution in [0.2, 0.25) is 0 Å². The molecule has 106 valence electrons. The monoisotopic (exact) mass is 256 g/mol. The van der Waals surface area contributed by atoms with Gasteiger partial charge in [-0.25, -0.2) is 0 Å². The van der Waals surface area contributed by atoms with E-state index in [4.69, 9.17) is 9.84 Å². The zero-order chi connectivity index (χ0) is 14.7. The van der Waals surface area contributed by atoms with Gasteiger partial charge in [-0.3, -0.25) is 4.79 Å². The minimum absolute atomic E-state index is 0.222. The Hall–Kier alpha value is -1.25. The van der Waals surface area contributed by atoms with Gasteiger partial charge in [-0.05, 0) is 11.8 Å². The third-order valence-corrected chi connectivity index (χ3v) is 1.86. The third-order valence-electron chi connectivity index (χ3n) is 1.86. The van der Waals surface area contributed by atoms with Crippen LogP contribution >= 0.6 is 0 Å². The summed E-state index contributed by atoms with van der Waals surface area (Å²) in [5, 5.41) is 7.72. The quantitative estimate of drug-likeness (QED) is 0.677. The van der Waals surface area contributed by atoms with Crippen LogP contribution in [0.15, 0.2) is 24.7 Å². The Morgan fingerprint density at radius 3 is 1.50 bits per heavy atom. The molecule has 0 amide bonds. The SMILES string of the molecule is C=C(CC(C)C)OC(=C)CC(C)C.CCC(=O)O. The van der Waals surface area contributed by atoms with Gasteiger partial charge in [-0.1, -0.05) is 47.8 Å². The number of carbonyl (C=O) groups is 1. The summed E-state index contributed by atoms with van der Waals surface area (Å²) < 4.78 is 5.48. The molecule has 0 rings (SSSR count). The molecule has 0 heterocycles. The lowest BCUT2D eigenvalue weighted by Gasteiger charge is -2.13. The summed E-state index contributed by atoms with van der Waals surface area (Å²) in [5.41, 5.74) is 0. The Balaban J connectivity index is 0. The second-order valence-corrected chi connectivity index (χ2v) is 5.12. The first kappa shape index (κ1) is 19.1. The van der Waals surface area contributed by atoms with Crippen LogP contribution in [-0.2, 0) is 9.53 Å². The smallest absolute Gasteiger partial charge is 0.303 e. The molecule has 0 aromatic carbocycles. The first-order valence-electron chi connectivity index (χ1n) is 6.44. The van der Waals surface area contributed by atoms with Crippen molar-refractivity contribution in [1.82, 2.24) is 0 Å². The van der Waals surface area contributed by atoms with Crippen LogP contribution < -0.4 is 0 Å². The molecular formula is C15H28O3. The maximum atomic E-state index is 9.37. The predicted molar refractivity (Wildman–Crippen MR) is 76.2 cm³/mol. The first-order valence-corrected chi connectivity index (χ1v) is 6.44. The number of aliphatic carboxylic acids is 1. The topological polar surface area (TPSA) is 46.5 Å². The van der Waals surface area contributed by atoms with Crippen molar-refractivity contribution in [3.8, 4) is 0 Å². The van der Waals surface area contributed by atoms with Gasteiger partial charge in [0.25, 0.3) is 0 Å². The van der Waals surface area contributed by atoms with Gasteiger partial charge in [0.1, 0.15) is 0 Å². The van der Waals surface area contributed by atoms with Gasteiger partial charge in [-0.2, -0.15) is 0 Å². The molecule has 0 aromatic heterocycles. The largest absolute Gasteiger partial charge is 0.481 e. The minimum Gasteiger partial charge on any atom is -0.481 e. The normalized spacial score (nSPS) is 9.72. The van der Waals surface area contributed by atoms with Crippen molar-refractivity contribution in [2.24, 2.45) is 11.8 Å². The molecule has 0 aliphatic heterocycles. The molecule has 0 spiro atoms. The number of hydrogen-bond acceptors (Lipinski definition) is 2. The number of carboxylic acid groups (broad SMARTS) is 1. The molecule has 0 aliphatic carbocycles. The fraction of sp³-hybridized carbons (Fsp3) is 0.667. The van der Waals surface area contributed by atoms with E-state index in [1.165, 1.54) is 0 Å². The van der Waals surface area contributed by atoms with Crippen molar-refractivity contribution in [2.45, 2.75) is 53.9 Å². The van der Waals surface area contributed by atoms with Crippen LogP contribution in [-0.4, -0.2) is 11.1 Å². The summed E-state index contributed by atoms with van der Waals surface area (Å²) in [7, 11) is 0. The number of hydrogen-bond donors (Lipinski definition) is 1. The van der Waals surface area contributed by atoms with Gasteiger partial charge >= 0.3 is 5.97 Å². The zero-order valence-electron chi connectivity index (χ0n) is 12.5. The first-order chi connectivity index (χ1) is 8.18. The average Bonchev–Trinajstić information content (AvgIpc) is 2.15. The Kier molecular flexibility index (Phi) is 11.5. The Morgan fingerprint density at radius 1 is 1.06 bits per heavy atom. The van der Waals surface area contributed by atoms with E-state index >= 15 is 0 Å². The van der Waals surface area contributed by atoms with Gasteiger partial charge in [0, 0.05) is 19.3 Å². The lowest BCUT2D eigenvalue weighted by Crippen LogP contribution is -1.98. The van der Waals surface area contributed by atoms with Crippen LogP contribution in [0.5, 0.6) is 0 Å². The molecule has 0 saturated carbocycles. The molecule has 0 atom stereocenters. The highest BCUT2D eigenvalue weighted by Gasteiger charge is 2.04. The van der Waals surface area contributed by atoms with Crippen LogP contribution in [0.3, 0.4) is 0 Å². The molecule has 0 unspecified atom stereocenters. The molecule has 0 radical (unpaired) electrons. The Bertz CT molecular complexity index is 245. The maximum Gasteiger partial charge on any atom is 0.303 e. The van der Waals surface area contributed by atoms with E-state index in [1.807, 2.05) is 0 Å². The summed E-state index contributed by atoms with van der Waals surface area (Å²) in [6.45, 7) is 17.9. The predicted octanol–water partition coefficient (Wildman–Crippen LogP) is 4.60. The summed E-state index contributed by atoms with van der Waals surface area (Å²) in [4.78, 5) is 9.37. The van der Waals surface area contributed by atoms with Crippen molar-refractivity contribution in [3.05, 3.63) is 24.7 Å². The lowest BCUT2D eigenvalue weighted by atomic mass is 10.1. The van der Waals surface area contributed by atoms with Gasteiger partial charge in [0.2, 0.25) is 0 Å². The molecule has 0 fully saturated rings. The van der Waals surface area contributed by atoms with E-state index in [-0.39, 0.29) is 6.42 Å². The van der Waals surface area contributed by atoms with E-state index < -0.39 is 5.97 Å². The summed E-state index contributed by atoms with van der Waals surface area (Å²) >= 11 is 0. The van der Waals surface area contributed by atoms with E-state index in [2.05, 4.69) is 40.9 Å². The number of carboxylic acids is 1. The van der Waals surface area contributed by atoms with Crippen molar-refractivity contribution in [2.75, 3.05) is 0 Å². The van der Waals surface area contributed by atoms with Crippen molar-refractivity contribution < 1.29 is 14.6 Å². The Labute approximate surface area is 112 Å². The van der Waals surface area contributed by atoms with Crippen molar-refractivity contribution in [1.29, 1.82) is 0 Å². The van der Waals surface area contributed by atoms with Crippen molar-refractivity contribution >= 4 is 5.97 Å². The summed E-state index contributed by atoms with van der Waals surface area (Å²) in [6.07, 6.45) is 2.05. The highest BCUT2D eigenvalue weighted by atomic mass is 16.5. The van der Waals surface area contributed by atoms with Crippen LogP contribution in [0.1, 0.15) is 53.9 Å². The lowest BCUT2D eigenvalue weighted by molar-refractivity contribution is -0.136. The average molecular weight is 256 g/mol. The summed E-state index contributed by atoms with van der Waals surface area (Å²) in [5.74, 6) is 2.12. The molecule has 18 heavy (non-hydrogen) atoms. The molecule has 0 bridgehead atoms. The standard InChI is InChI=1S/C12H22O.C3H6O2/c1-9(2)7-11(5)13-12(6)8-10(3)4;1-2-3(4)5/h9-10H,5-8H2,1-4H3;2H2,1H3,(H,4,5). The number of allylic oxidation sites excluding steroid dienone is 2. The van der Waals surface area contributed by atoms with E-state index in [9.17, 15) is 4.79 Å². The van der Waals surface area contributed by atoms with E-state index in [1.54, 1.807) is 6.92 Å². The van der Waals surface area contributed by atoms with Crippen LogP contribution in [0, 0.1) is 11.8 Å². The third kappa shape index (κ3) is 17.2. The molecule has 3 nitrogen and oxygen atoms in total. The van der Waals surface area contributed by atoms with E-state index in [0.717, 1.165) is 24.4 Å². The highest BCUT2D eigenvalue weighted by molar-refractivity contribution is 5.66. The van der Waals surface area contributed by atoms with Gasteiger partial charge < -0.3 is 9.84 Å². The van der Waals surface area contributed by atoms with Gasteiger partial charge in [0.15, 0.2) is 0 Å². The van der Waals surface area contributed by atoms with Crippen LogP contribution in [0.4, 0.5) is 0 Å². The molecule has 0 aromatic rings. The highest BCUT2D eigenvalue weighted by Crippen LogP contribution is 2.17. The van der Waals surface area contributed by atoms with Gasteiger partial charge in [-0.15, -0.1) is 0 Å². The second kappa shape index (κ2) is 10.9. The van der Waals surface area contributed by atoms with Gasteiger partial charge in [0.05, 0.1) is 11.5 Å². The molecule has 0 aliphatic rings. The minimum atomic E-state index is -0.745. The van der Waals surface area contributed by atoms with Crippen LogP contribution in [0.25, 0.3) is 0 Å². The Morgan fingerprint density at radius 2 is 1.33 bits per heavy atom. The summed E-state index contributed by atoms with van der Waals surface area (Å²) in [6, 6.07) is 0. The number of ether oxygens (including phenoxy) is 1. The molecule has 3 heteroatoms. The maximum absolute atomic E-state index is 9.37. The second-order valence-electron chi connectivity index (χ2n) is 5.12. The number of rotatable bonds is 7. The van der Waals surface area contributed by atoms with E-state index in [0.29, 0.717) is 11.8 Å². The molecule has 0 saturated heterocycles. The molecule has 1 N–H and O–H groups in total. The fourth-order valence-corrected chi connectivity index (χ4v) is 1.20.